The maximum Gasteiger partial charge on any atom is 0.264 e. The van der Waals surface area contributed by atoms with Gasteiger partial charge in [0.1, 0.15) is 12.6 Å². The first kappa shape index (κ1) is 28.9. The van der Waals surface area contributed by atoms with E-state index >= 15 is 0 Å². The average Bonchev–Trinajstić information content (AvgIpc) is 2.87. The van der Waals surface area contributed by atoms with E-state index in [1.54, 1.807) is 31.2 Å². The zero-order chi connectivity index (χ0) is 28.0. The molecule has 202 valence electrons. The summed E-state index contributed by atoms with van der Waals surface area (Å²) in [4.78, 5) is 28.4. The molecule has 7 nitrogen and oxygen atoms in total. The van der Waals surface area contributed by atoms with Gasteiger partial charge in [-0.25, -0.2) is 8.42 Å². The number of carbonyl (C=O) groups excluding carboxylic acids is 2. The number of amides is 2. The lowest BCUT2D eigenvalue weighted by Crippen LogP contribution is -2.52. The molecule has 2 amide bonds. The second-order valence-electron chi connectivity index (χ2n) is 9.96. The SMILES string of the molecule is Cc1ccc(CN(C(=O)CN(c2ccc(C)cc2C)S(=O)(=O)c2ccccc2)[C@H](C)C(=O)NC(C)C)cc1. The number of nitrogens with one attached hydrogen (secondary N) is 1. The van der Waals surface area contributed by atoms with Gasteiger partial charge in [-0.2, -0.15) is 0 Å². The zero-order valence-electron chi connectivity index (χ0n) is 22.9. The van der Waals surface area contributed by atoms with Crippen LogP contribution in [0.4, 0.5) is 5.69 Å². The molecule has 0 aromatic heterocycles. The van der Waals surface area contributed by atoms with E-state index < -0.39 is 28.5 Å². The van der Waals surface area contributed by atoms with Crippen LogP contribution in [0, 0.1) is 20.8 Å². The van der Waals surface area contributed by atoms with Gasteiger partial charge in [-0.3, -0.25) is 13.9 Å². The van der Waals surface area contributed by atoms with E-state index in [1.807, 2.05) is 71.0 Å². The number of aryl methyl sites for hydroxylation is 3. The minimum Gasteiger partial charge on any atom is -0.352 e. The van der Waals surface area contributed by atoms with E-state index in [-0.39, 0.29) is 23.4 Å². The smallest absolute Gasteiger partial charge is 0.264 e. The Morgan fingerprint density at radius 2 is 1.45 bits per heavy atom. The summed E-state index contributed by atoms with van der Waals surface area (Å²) in [5, 5.41) is 2.86. The minimum atomic E-state index is -4.08. The van der Waals surface area contributed by atoms with E-state index in [0.717, 1.165) is 26.6 Å². The molecule has 0 aliphatic rings. The van der Waals surface area contributed by atoms with E-state index in [2.05, 4.69) is 5.32 Å². The van der Waals surface area contributed by atoms with Crippen molar-refractivity contribution in [1.82, 2.24) is 10.2 Å². The number of anilines is 1. The van der Waals surface area contributed by atoms with Gasteiger partial charge in [0.05, 0.1) is 10.6 Å². The molecule has 0 bridgehead atoms. The molecule has 0 fully saturated rings. The van der Waals surface area contributed by atoms with Crippen LogP contribution in [0.2, 0.25) is 0 Å². The molecule has 3 rings (SSSR count). The van der Waals surface area contributed by atoms with Crippen LogP contribution in [0.25, 0.3) is 0 Å². The van der Waals surface area contributed by atoms with Crippen LogP contribution in [0.3, 0.4) is 0 Å². The molecule has 8 heteroatoms. The normalized spacial score (nSPS) is 12.2. The Bertz CT molecular complexity index is 1370. The van der Waals surface area contributed by atoms with Crippen LogP contribution in [0.1, 0.15) is 43.0 Å². The highest BCUT2D eigenvalue weighted by Gasteiger charge is 2.33. The molecule has 0 aliphatic carbocycles. The highest BCUT2D eigenvalue weighted by Crippen LogP contribution is 2.28. The summed E-state index contributed by atoms with van der Waals surface area (Å²) in [6.45, 7) is 10.8. The zero-order valence-corrected chi connectivity index (χ0v) is 23.7. The average molecular weight is 536 g/mol. The lowest BCUT2D eigenvalue weighted by atomic mass is 10.1. The fourth-order valence-corrected chi connectivity index (χ4v) is 5.70. The van der Waals surface area contributed by atoms with E-state index in [9.17, 15) is 18.0 Å². The highest BCUT2D eigenvalue weighted by molar-refractivity contribution is 7.92. The topological polar surface area (TPSA) is 86.8 Å². The molecule has 1 N–H and O–H groups in total. The van der Waals surface area contributed by atoms with Crippen molar-refractivity contribution in [3.05, 3.63) is 95.1 Å². The van der Waals surface area contributed by atoms with Gasteiger partial charge in [0.15, 0.2) is 0 Å². The third-order valence-electron chi connectivity index (χ3n) is 6.30. The monoisotopic (exact) mass is 535 g/mol. The van der Waals surface area contributed by atoms with Crippen molar-refractivity contribution in [1.29, 1.82) is 0 Å². The van der Waals surface area contributed by atoms with Crippen LogP contribution in [-0.2, 0) is 26.2 Å². The van der Waals surface area contributed by atoms with Gasteiger partial charge in [-0.15, -0.1) is 0 Å². The van der Waals surface area contributed by atoms with Crippen LogP contribution >= 0.6 is 0 Å². The summed E-state index contributed by atoms with van der Waals surface area (Å²) >= 11 is 0. The number of hydrogen-bond donors (Lipinski definition) is 1. The maximum atomic E-state index is 13.9. The van der Waals surface area contributed by atoms with E-state index in [4.69, 9.17) is 0 Å². The highest BCUT2D eigenvalue weighted by atomic mass is 32.2. The molecule has 1 atom stereocenters. The molecule has 0 aliphatic heterocycles. The predicted octanol–water partition coefficient (Wildman–Crippen LogP) is 4.75. The van der Waals surface area contributed by atoms with Gasteiger partial charge in [0.2, 0.25) is 11.8 Å². The molecular formula is C30H37N3O4S. The van der Waals surface area contributed by atoms with Gasteiger partial charge in [-0.05, 0) is 70.9 Å². The Balaban J connectivity index is 2.05. The lowest BCUT2D eigenvalue weighted by molar-refractivity contribution is -0.139. The van der Waals surface area contributed by atoms with Crippen molar-refractivity contribution < 1.29 is 18.0 Å². The number of carbonyl (C=O) groups is 2. The second kappa shape index (κ2) is 12.3. The predicted molar refractivity (Wildman–Crippen MR) is 151 cm³/mol. The molecule has 0 saturated heterocycles. The lowest BCUT2D eigenvalue weighted by Gasteiger charge is -2.32. The van der Waals surface area contributed by atoms with Crippen LogP contribution in [0.15, 0.2) is 77.7 Å². The summed E-state index contributed by atoms with van der Waals surface area (Å²) in [6, 6.07) is 20.3. The second-order valence-corrected chi connectivity index (χ2v) is 11.8. The quantitative estimate of drug-likeness (QED) is 0.406. The van der Waals surface area contributed by atoms with Crippen molar-refractivity contribution in [2.24, 2.45) is 0 Å². The fourth-order valence-electron chi connectivity index (χ4n) is 4.20. The summed E-state index contributed by atoms with van der Waals surface area (Å²) in [5.41, 5.74) is 4.05. The molecule has 3 aromatic carbocycles. The van der Waals surface area contributed by atoms with Crippen LogP contribution in [0.5, 0.6) is 0 Å². The fraction of sp³-hybridized carbons (Fsp3) is 0.333. The van der Waals surface area contributed by atoms with Crippen molar-refractivity contribution in [3.8, 4) is 0 Å². The van der Waals surface area contributed by atoms with Gasteiger partial charge in [0, 0.05) is 12.6 Å². The summed E-state index contributed by atoms with van der Waals surface area (Å²) in [6.07, 6.45) is 0. The first-order valence-corrected chi connectivity index (χ1v) is 14.1. The molecule has 0 saturated carbocycles. The van der Waals surface area contributed by atoms with Crippen molar-refractivity contribution in [2.45, 2.75) is 65.1 Å². The Labute approximate surface area is 226 Å². The standard InChI is InChI=1S/C30H37N3O4S/c1-21(2)31-30(35)25(6)32(19-26-15-12-22(3)13-16-26)29(34)20-33(28-17-14-23(4)18-24(28)5)38(36,37)27-10-8-7-9-11-27/h7-18,21,25H,19-20H2,1-6H3,(H,31,35)/t25-/m1/s1. The van der Waals surface area contributed by atoms with Crippen LogP contribution in [-0.4, -0.2) is 43.8 Å². The first-order valence-electron chi connectivity index (χ1n) is 12.7. The number of sulfonamides is 1. The molecule has 0 radical (unpaired) electrons. The summed E-state index contributed by atoms with van der Waals surface area (Å²) in [5.74, 6) is -0.777. The summed E-state index contributed by atoms with van der Waals surface area (Å²) < 4.78 is 28.8. The van der Waals surface area contributed by atoms with E-state index in [0.29, 0.717) is 5.69 Å². The number of benzene rings is 3. The molecule has 3 aromatic rings. The number of nitrogens with zero attached hydrogens (tertiary/aromatic N) is 2. The van der Waals surface area contributed by atoms with Crippen molar-refractivity contribution in [2.75, 3.05) is 10.8 Å². The number of rotatable bonds is 10. The molecule has 0 heterocycles. The number of hydrogen-bond acceptors (Lipinski definition) is 4. The Hall–Kier alpha value is -3.65. The van der Waals surface area contributed by atoms with Gasteiger partial charge in [0.25, 0.3) is 10.0 Å². The first-order chi connectivity index (χ1) is 17.9. The Morgan fingerprint density at radius 3 is 2.03 bits per heavy atom. The van der Waals surface area contributed by atoms with Crippen LogP contribution < -0.4 is 9.62 Å². The largest absolute Gasteiger partial charge is 0.352 e. The third-order valence-corrected chi connectivity index (χ3v) is 8.08. The Kier molecular flexibility index (Phi) is 9.33. The molecular weight excluding hydrogens is 498 g/mol. The van der Waals surface area contributed by atoms with Crippen molar-refractivity contribution in [3.63, 3.8) is 0 Å². The molecule has 0 spiro atoms. The maximum absolute atomic E-state index is 13.9. The van der Waals surface area contributed by atoms with Gasteiger partial charge >= 0.3 is 0 Å². The Morgan fingerprint density at radius 1 is 0.842 bits per heavy atom. The van der Waals surface area contributed by atoms with Gasteiger partial charge < -0.3 is 10.2 Å². The van der Waals surface area contributed by atoms with E-state index in [1.165, 1.54) is 17.0 Å². The minimum absolute atomic E-state index is 0.0865. The summed E-state index contributed by atoms with van der Waals surface area (Å²) in [7, 11) is -4.08. The molecule has 0 unspecified atom stereocenters. The van der Waals surface area contributed by atoms with Crippen molar-refractivity contribution >= 4 is 27.5 Å². The van der Waals surface area contributed by atoms with Gasteiger partial charge in [-0.1, -0.05) is 65.7 Å². The molecule has 38 heavy (non-hydrogen) atoms. The third kappa shape index (κ3) is 7.01.